The maximum atomic E-state index is 12.4. The van der Waals surface area contributed by atoms with Gasteiger partial charge in [-0.2, -0.15) is 0 Å². The first-order valence-electron chi connectivity index (χ1n) is 7.34. The number of fused-ring (bicyclic) bond motifs is 1. The molecule has 1 saturated heterocycles. The maximum absolute atomic E-state index is 12.4. The largest absolute Gasteiger partial charge is 0.443 e. The molecule has 0 aromatic rings. The van der Waals surface area contributed by atoms with Gasteiger partial charge in [0.15, 0.2) is 0 Å². The Bertz CT molecular complexity index is 461. The molecule has 0 aromatic carbocycles. The van der Waals surface area contributed by atoms with Crippen molar-refractivity contribution in [2.75, 3.05) is 6.54 Å². The van der Waals surface area contributed by atoms with Gasteiger partial charge in [0.2, 0.25) is 5.91 Å². The number of amides is 2. The number of rotatable bonds is 0. The monoisotopic (exact) mass is 279 g/mol. The third kappa shape index (κ3) is 2.60. The molecule has 1 fully saturated rings. The number of carbonyl (C=O) groups is 2. The van der Waals surface area contributed by atoms with Gasteiger partial charge in [0, 0.05) is 6.54 Å². The van der Waals surface area contributed by atoms with Crippen molar-refractivity contribution in [3.63, 3.8) is 0 Å². The minimum Gasteiger partial charge on any atom is -0.443 e. The summed E-state index contributed by atoms with van der Waals surface area (Å²) in [6.45, 7) is 12.3. The summed E-state index contributed by atoms with van der Waals surface area (Å²) in [5.41, 5.74) is 0.675. The predicted molar refractivity (Wildman–Crippen MR) is 77.0 cm³/mol. The minimum absolute atomic E-state index is 0.109. The van der Waals surface area contributed by atoms with Crippen LogP contribution >= 0.6 is 0 Å². The lowest BCUT2D eigenvalue weighted by Crippen LogP contribution is -2.38. The molecule has 0 bridgehead atoms. The SMILES string of the molecule is CC1=C[C@H]2C(=O)N(C(=O)OC(C)(C)C)C[C@H]2[C@@H](C)[C@H]1C. The van der Waals surface area contributed by atoms with Crippen LogP contribution in [-0.4, -0.2) is 29.0 Å². The van der Waals surface area contributed by atoms with Crippen LogP contribution in [0.1, 0.15) is 41.5 Å². The molecule has 1 aliphatic carbocycles. The average Bonchev–Trinajstić information content (AvgIpc) is 2.62. The zero-order valence-electron chi connectivity index (χ0n) is 13.3. The van der Waals surface area contributed by atoms with Crippen LogP contribution in [0, 0.1) is 23.7 Å². The van der Waals surface area contributed by atoms with Gasteiger partial charge >= 0.3 is 6.09 Å². The van der Waals surface area contributed by atoms with Crippen LogP contribution in [0.2, 0.25) is 0 Å². The van der Waals surface area contributed by atoms with E-state index in [4.69, 9.17) is 4.74 Å². The van der Waals surface area contributed by atoms with E-state index < -0.39 is 11.7 Å². The van der Waals surface area contributed by atoms with Crippen molar-refractivity contribution in [1.29, 1.82) is 0 Å². The summed E-state index contributed by atoms with van der Waals surface area (Å²) in [4.78, 5) is 25.9. The van der Waals surface area contributed by atoms with Crippen molar-refractivity contribution in [3.05, 3.63) is 11.6 Å². The van der Waals surface area contributed by atoms with Gasteiger partial charge in [0.05, 0.1) is 5.92 Å². The first-order chi connectivity index (χ1) is 9.11. The van der Waals surface area contributed by atoms with E-state index in [0.717, 1.165) is 0 Å². The van der Waals surface area contributed by atoms with E-state index in [1.165, 1.54) is 10.5 Å². The summed E-state index contributed by atoms with van der Waals surface area (Å²) in [7, 11) is 0. The van der Waals surface area contributed by atoms with Crippen LogP contribution in [0.4, 0.5) is 4.79 Å². The summed E-state index contributed by atoms with van der Waals surface area (Å²) in [5, 5.41) is 0. The highest BCUT2D eigenvalue weighted by atomic mass is 16.6. The zero-order chi connectivity index (χ0) is 15.2. The van der Waals surface area contributed by atoms with Gasteiger partial charge in [0.1, 0.15) is 5.60 Å². The van der Waals surface area contributed by atoms with Gasteiger partial charge in [-0.15, -0.1) is 0 Å². The highest BCUT2D eigenvalue weighted by Crippen LogP contribution is 2.42. The van der Waals surface area contributed by atoms with Crippen molar-refractivity contribution in [2.45, 2.75) is 47.1 Å². The van der Waals surface area contributed by atoms with Gasteiger partial charge in [-0.25, -0.2) is 9.69 Å². The lowest BCUT2D eigenvalue weighted by molar-refractivity contribution is -0.129. The van der Waals surface area contributed by atoms with Gasteiger partial charge in [-0.3, -0.25) is 4.79 Å². The van der Waals surface area contributed by atoms with E-state index in [1.54, 1.807) is 0 Å². The fraction of sp³-hybridized carbons (Fsp3) is 0.750. The Morgan fingerprint density at radius 3 is 2.50 bits per heavy atom. The first-order valence-corrected chi connectivity index (χ1v) is 7.34. The Labute approximate surface area is 121 Å². The number of likely N-dealkylation sites (tertiary alicyclic amines) is 1. The molecular weight excluding hydrogens is 254 g/mol. The predicted octanol–water partition coefficient (Wildman–Crippen LogP) is 3.23. The summed E-state index contributed by atoms with van der Waals surface area (Å²) in [6.07, 6.45) is 1.53. The molecule has 0 aromatic heterocycles. The number of allylic oxidation sites excluding steroid dienone is 1. The Balaban J connectivity index is 2.19. The third-order valence-corrected chi connectivity index (χ3v) is 4.64. The Kier molecular flexibility index (Phi) is 3.69. The van der Waals surface area contributed by atoms with Crippen LogP contribution in [-0.2, 0) is 9.53 Å². The third-order valence-electron chi connectivity index (χ3n) is 4.64. The minimum atomic E-state index is -0.574. The van der Waals surface area contributed by atoms with Crippen LogP contribution in [0.3, 0.4) is 0 Å². The second-order valence-electron chi connectivity index (χ2n) is 7.18. The van der Waals surface area contributed by atoms with Gasteiger partial charge in [0.25, 0.3) is 0 Å². The fourth-order valence-corrected chi connectivity index (χ4v) is 3.17. The summed E-state index contributed by atoms with van der Waals surface area (Å²) in [6, 6.07) is 0. The van der Waals surface area contributed by atoms with E-state index in [9.17, 15) is 9.59 Å². The van der Waals surface area contributed by atoms with Gasteiger partial charge < -0.3 is 4.74 Å². The lowest BCUT2D eigenvalue weighted by atomic mass is 9.70. The Hall–Kier alpha value is -1.32. The van der Waals surface area contributed by atoms with Crippen molar-refractivity contribution in [2.24, 2.45) is 23.7 Å². The standard InChI is InChI=1S/C16H25NO3/c1-9-7-12-13(11(3)10(9)2)8-17(14(12)18)15(19)20-16(4,5)6/h7,10-13H,8H2,1-6H3/t10-,11-,12+,13-/m0/s1. The summed E-state index contributed by atoms with van der Waals surface area (Å²) in [5.74, 6) is 0.814. The topological polar surface area (TPSA) is 46.6 Å². The highest BCUT2D eigenvalue weighted by molar-refractivity contribution is 5.96. The van der Waals surface area contributed by atoms with E-state index in [-0.39, 0.29) is 17.7 Å². The molecule has 2 aliphatic rings. The quantitative estimate of drug-likeness (QED) is 0.640. The molecular formula is C16H25NO3. The molecule has 112 valence electrons. The average molecular weight is 279 g/mol. The molecule has 4 heteroatoms. The van der Waals surface area contributed by atoms with Crippen molar-refractivity contribution < 1.29 is 14.3 Å². The molecule has 2 rings (SSSR count). The molecule has 1 aliphatic heterocycles. The molecule has 4 atom stereocenters. The second kappa shape index (κ2) is 4.90. The van der Waals surface area contributed by atoms with Crippen LogP contribution in [0.15, 0.2) is 11.6 Å². The van der Waals surface area contributed by atoms with E-state index in [1.807, 2.05) is 26.8 Å². The van der Waals surface area contributed by atoms with E-state index in [0.29, 0.717) is 18.4 Å². The second-order valence-corrected chi connectivity index (χ2v) is 7.18. The summed E-state index contributed by atoms with van der Waals surface area (Å²) < 4.78 is 5.33. The van der Waals surface area contributed by atoms with Gasteiger partial charge in [-0.1, -0.05) is 25.5 Å². The Morgan fingerprint density at radius 2 is 1.95 bits per heavy atom. The molecule has 0 saturated carbocycles. The van der Waals surface area contributed by atoms with Crippen LogP contribution < -0.4 is 0 Å². The highest BCUT2D eigenvalue weighted by Gasteiger charge is 2.48. The molecule has 0 unspecified atom stereocenters. The number of imide groups is 1. The number of nitrogens with zero attached hydrogens (tertiary/aromatic N) is 1. The normalized spacial score (nSPS) is 33.8. The van der Waals surface area contributed by atoms with Crippen LogP contribution in [0.25, 0.3) is 0 Å². The number of carbonyl (C=O) groups excluding carboxylic acids is 2. The molecule has 0 radical (unpaired) electrons. The van der Waals surface area contributed by atoms with Gasteiger partial charge in [-0.05, 0) is 45.4 Å². The van der Waals surface area contributed by atoms with Crippen molar-refractivity contribution in [1.82, 2.24) is 4.90 Å². The first kappa shape index (κ1) is 15.1. The molecule has 20 heavy (non-hydrogen) atoms. The molecule has 2 amide bonds. The number of hydrogen-bond acceptors (Lipinski definition) is 3. The maximum Gasteiger partial charge on any atom is 0.417 e. The smallest absolute Gasteiger partial charge is 0.417 e. The Morgan fingerprint density at radius 1 is 1.35 bits per heavy atom. The van der Waals surface area contributed by atoms with Crippen LogP contribution in [0.5, 0.6) is 0 Å². The zero-order valence-corrected chi connectivity index (χ0v) is 13.3. The van der Waals surface area contributed by atoms with E-state index >= 15 is 0 Å². The fourth-order valence-electron chi connectivity index (χ4n) is 3.17. The molecule has 0 N–H and O–H groups in total. The van der Waals surface area contributed by atoms with E-state index in [2.05, 4.69) is 20.8 Å². The van der Waals surface area contributed by atoms with Crippen molar-refractivity contribution in [3.8, 4) is 0 Å². The number of hydrogen-bond donors (Lipinski definition) is 0. The van der Waals surface area contributed by atoms with Crippen molar-refractivity contribution >= 4 is 12.0 Å². The number of ether oxygens (including phenoxy) is 1. The lowest BCUT2D eigenvalue weighted by Gasteiger charge is -2.33. The molecule has 4 nitrogen and oxygen atoms in total. The summed E-state index contributed by atoms with van der Waals surface area (Å²) >= 11 is 0. The molecule has 0 spiro atoms. The molecule has 1 heterocycles.